The van der Waals surface area contributed by atoms with Crippen molar-refractivity contribution in [2.75, 3.05) is 6.61 Å². The van der Waals surface area contributed by atoms with E-state index < -0.39 is 0 Å². The zero-order chi connectivity index (χ0) is 23.0. The van der Waals surface area contributed by atoms with Crippen LogP contribution in [0.25, 0.3) is 11.3 Å². The Kier molecular flexibility index (Phi) is 7.20. The number of hydrogen-bond donors (Lipinski definition) is 1. The van der Waals surface area contributed by atoms with Crippen molar-refractivity contribution in [2.45, 2.75) is 32.7 Å². The van der Waals surface area contributed by atoms with Crippen LogP contribution in [0, 0.1) is 6.92 Å². The molecule has 1 unspecified atom stereocenters. The molecule has 5 nitrogen and oxygen atoms in total. The molecule has 1 N–H and O–H groups in total. The Hall–Kier alpha value is -3.86. The summed E-state index contributed by atoms with van der Waals surface area (Å²) in [4.78, 5) is 17.4. The van der Waals surface area contributed by atoms with Crippen LogP contribution in [-0.2, 0) is 11.2 Å². The third-order valence-electron chi connectivity index (χ3n) is 5.41. The van der Waals surface area contributed by atoms with Crippen LogP contribution in [0.3, 0.4) is 0 Å². The smallest absolute Gasteiger partial charge is 0.221 e. The van der Waals surface area contributed by atoms with E-state index in [0.29, 0.717) is 18.9 Å². The van der Waals surface area contributed by atoms with Crippen LogP contribution in [0.5, 0.6) is 5.75 Å². The molecule has 1 heterocycles. The number of aromatic nitrogens is 1. The monoisotopic (exact) mass is 440 g/mol. The van der Waals surface area contributed by atoms with Crippen molar-refractivity contribution < 1.29 is 13.9 Å². The Morgan fingerprint density at radius 1 is 0.939 bits per heavy atom. The number of hydrogen-bond acceptors (Lipinski definition) is 4. The standard InChI is InChI=1S/C28H28N2O3/c1-3-32-24-16-14-22(15-17-24)27(21-10-6-4-7-11-21)30-25(31)18-19-26-29-20(2)28(33-26)23-12-8-5-9-13-23/h4-17,27H,3,18-19H2,1-2H3,(H,30,31). The zero-order valence-electron chi connectivity index (χ0n) is 19.0. The van der Waals surface area contributed by atoms with Gasteiger partial charge in [0.1, 0.15) is 5.75 Å². The van der Waals surface area contributed by atoms with E-state index in [2.05, 4.69) is 10.3 Å². The SMILES string of the molecule is CCOc1ccc(C(NC(=O)CCc2nc(C)c(-c3ccccc3)o2)c2ccccc2)cc1. The second-order valence-corrected chi connectivity index (χ2v) is 7.80. The molecule has 1 atom stereocenters. The van der Waals surface area contributed by atoms with Gasteiger partial charge in [-0.1, -0.05) is 72.8 Å². The summed E-state index contributed by atoms with van der Waals surface area (Å²) in [6, 6.07) is 27.4. The summed E-state index contributed by atoms with van der Waals surface area (Å²) in [5.74, 6) is 2.07. The number of oxazole rings is 1. The summed E-state index contributed by atoms with van der Waals surface area (Å²) >= 11 is 0. The molecular formula is C28H28N2O3. The van der Waals surface area contributed by atoms with Gasteiger partial charge in [0.05, 0.1) is 18.3 Å². The average molecular weight is 441 g/mol. The van der Waals surface area contributed by atoms with Crippen molar-refractivity contribution in [1.29, 1.82) is 0 Å². The van der Waals surface area contributed by atoms with Crippen LogP contribution in [0.1, 0.15) is 42.1 Å². The summed E-state index contributed by atoms with van der Waals surface area (Å²) in [6.07, 6.45) is 0.721. The van der Waals surface area contributed by atoms with Crippen molar-refractivity contribution in [3.8, 4) is 17.1 Å². The van der Waals surface area contributed by atoms with Gasteiger partial charge in [0, 0.05) is 18.4 Å². The van der Waals surface area contributed by atoms with Gasteiger partial charge in [-0.3, -0.25) is 4.79 Å². The molecule has 5 heteroatoms. The van der Waals surface area contributed by atoms with Crippen molar-refractivity contribution in [1.82, 2.24) is 10.3 Å². The minimum absolute atomic E-state index is 0.0603. The first kappa shape index (κ1) is 22.3. The number of carbonyl (C=O) groups is 1. The quantitative estimate of drug-likeness (QED) is 0.353. The molecule has 0 aliphatic carbocycles. The molecule has 33 heavy (non-hydrogen) atoms. The van der Waals surface area contributed by atoms with Gasteiger partial charge in [-0.05, 0) is 37.1 Å². The van der Waals surface area contributed by atoms with Crippen LogP contribution >= 0.6 is 0 Å². The predicted molar refractivity (Wildman–Crippen MR) is 129 cm³/mol. The number of rotatable bonds is 9. The number of amides is 1. The van der Waals surface area contributed by atoms with Crippen molar-refractivity contribution in [3.63, 3.8) is 0 Å². The highest BCUT2D eigenvalue weighted by Gasteiger charge is 2.18. The molecule has 3 aromatic carbocycles. The van der Waals surface area contributed by atoms with E-state index >= 15 is 0 Å². The molecule has 0 aliphatic rings. The largest absolute Gasteiger partial charge is 0.494 e. The Morgan fingerprint density at radius 2 is 1.58 bits per heavy atom. The molecule has 1 amide bonds. The van der Waals surface area contributed by atoms with E-state index in [1.165, 1.54) is 0 Å². The third-order valence-corrected chi connectivity index (χ3v) is 5.41. The fourth-order valence-corrected chi connectivity index (χ4v) is 3.80. The molecule has 0 fully saturated rings. The molecule has 168 valence electrons. The molecule has 0 radical (unpaired) electrons. The first-order chi connectivity index (χ1) is 16.1. The number of nitrogens with zero attached hydrogens (tertiary/aromatic N) is 1. The van der Waals surface area contributed by atoms with Crippen molar-refractivity contribution in [3.05, 3.63) is 108 Å². The molecule has 0 bridgehead atoms. The number of benzene rings is 3. The lowest BCUT2D eigenvalue weighted by atomic mass is 9.98. The van der Waals surface area contributed by atoms with E-state index in [1.54, 1.807) is 0 Å². The summed E-state index contributed by atoms with van der Waals surface area (Å²) in [5.41, 5.74) is 3.83. The molecule has 0 spiro atoms. The van der Waals surface area contributed by atoms with Gasteiger partial charge in [-0.2, -0.15) is 0 Å². The van der Waals surface area contributed by atoms with Gasteiger partial charge in [0.2, 0.25) is 5.91 Å². The lowest BCUT2D eigenvalue weighted by molar-refractivity contribution is -0.121. The number of ether oxygens (including phenoxy) is 1. The highest BCUT2D eigenvalue weighted by molar-refractivity contribution is 5.77. The topological polar surface area (TPSA) is 64.4 Å². The molecule has 4 aromatic rings. The van der Waals surface area contributed by atoms with E-state index in [9.17, 15) is 4.79 Å². The maximum atomic E-state index is 12.9. The maximum Gasteiger partial charge on any atom is 0.221 e. The Balaban J connectivity index is 1.45. The summed E-state index contributed by atoms with van der Waals surface area (Å²) in [6.45, 7) is 4.50. The van der Waals surface area contributed by atoms with Crippen LogP contribution in [0.15, 0.2) is 89.3 Å². The zero-order valence-corrected chi connectivity index (χ0v) is 19.0. The minimum Gasteiger partial charge on any atom is -0.494 e. The van der Waals surface area contributed by atoms with Gasteiger partial charge in [0.25, 0.3) is 0 Å². The number of aryl methyl sites for hydroxylation is 2. The van der Waals surface area contributed by atoms with E-state index in [4.69, 9.17) is 9.15 Å². The normalized spacial score (nSPS) is 11.7. The van der Waals surface area contributed by atoms with Gasteiger partial charge in [-0.25, -0.2) is 4.98 Å². The van der Waals surface area contributed by atoms with Crippen molar-refractivity contribution >= 4 is 5.91 Å². The van der Waals surface area contributed by atoms with E-state index in [-0.39, 0.29) is 18.4 Å². The second kappa shape index (κ2) is 10.6. The van der Waals surface area contributed by atoms with E-state index in [0.717, 1.165) is 33.9 Å². The average Bonchev–Trinajstić information content (AvgIpc) is 3.23. The Bertz CT molecular complexity index is 1170. The summed E-state index contributed by atoms with van der Waals surface area (Å²) in [5, 5.41) is 3.18. The summed E-state index contributed by atoms with van der Waals surface area (Å²) < 4.78 is 11.5. The van der Waals surface area contributed by atoms with Gasteiger partial charge in [0.15, 0.2) is 11.7 Å². The molecule has 1 aromatic heterocycles. The second-order valence-electron chi connectivity index (χ2n) is 7.80. The number of nitrogens with one attached hydrogen (secondary N) is 1. The minimum atomic E-state index is -0.249. The highest BCUT2D eigenvalue weighted by atomic mass is 16.5. The third kappa shape index (κ3) is 5.69. The van der Waals surface area contributed by atoms with Crippen LogP contribution in [0.2, 0.25) is 0 Å². The molecular weight excluding hydrogens is 412 g/mol. The Morgan fingerprint density at radius 3 is 2.24 bits per heavy atom. The fraction of sp³-hybridized carbons (Fsp3) is 0.214. The fourth-order valence-electron chi connectivity index (χ4n) is 3.80. The lowest BCUT2D eigenvalue weighted by Gasteiger charge is -2.20. The molecule has 4 rings (SSSR count). The van der Waals surface area contributed by atoms with Gasteiger partial charge >= 0.3 is 0 Å². The summed E-state index contributed by atoms with van der Waals surface area (Å²) in [7, 11) is 0. The predicted octanol–water partition coefficient (Wildman–Crippen LogP) is 5.89. The molecule has 0 saturated carbocycles. The van der Waals surface area contributed by atoms with Crippen LogP contribution < -0.4 is 10.1 Å². The van der Waals surface area contributed by atoms with E-state index in [1.807, 2.05) is 98.8 Å². The maximum absolute atomic E-state index is 12.9. The van der Waals surface area contributed by atoms with Gasteiger partial charge < -0.3 is 14.5 Å². The lowest BCUT2D eigenvalue weighted by Crippen LogP contribution is -2.29. The van der Waals surface area contributed by atoms with Gasteiger partial charge in [-0.15, -0.1) is 0 Å². The number of carbonyl (C=O) groups excluding carboxylic acids is 1. The van der Waals surface area contributed by atoms with Crippen LogP contribution in [0.4, 0.5) is 0 Å². The molecule has 0 saturated heterocycles. The van der Waals surface area contributed by atoms with Crippen molar-refractivity contribution in [2.24, 2.45) is 0 Å². The van der Waals surface area contributed by atoms with Crippen LogP contribution in [-0.4, -0.2) is 17.5 Å². The first-order valence-corrected chi connectivity index (χ1v) is 11.2. The Labute approximate surface area is 194 Å². The first-order valence-electron chi connectivity index (χ1n) is 11.2. The molecule has 0 aliphatic heterocycles. The highest BCUT2D eigenvalue weighted by Crippen LogP contribution is 2.26.